The Bertz CT molecular complexity index is 801. The first-order valence-corrected chi connectivity index (χ1v) is 8.20. The number of aliphatic hydroxyl groups excluding tert-OH is 1. The van der Waals surface area contributed by atoms with Gasteiger partial charge >= 0.3 is 6.09 Å². The highest BCUT2D eigenvalue weighted by molar-refractivity contribution is 7.10. The number of fused-ring (bicyclic) bond motifs is 1. The number of carboxylic acid groups (broad SMARTS) is 1. The molecule has 2 unspecified atom stereocenters. The first-order chi connectivity index (χ1) is 11.1. The lowest BCUT2D eigenvalue weighted by Crippen LogP contribution is -2.29. The maximum Gasteiger partial charge on any atom is 0.404 e. The van der Waals surface area contributed by atoms with Gasteiger partial charge in [-0.15, -0.1) is 11.3 Å². The van der Waals surface area contributed by atoms with Crippen molar-refractivity contribution in [1.29, 1.82) is 0 Å². The van der Waals surface area contributed by atoms with Crippen LogP contribution in [0.5, 0.6) is 0 Å². The second-order valence-electron chi connectivity index (χ2n) is 5.36. The van der Waals surface area contributed by atoms with E-state index in [-0.39, 0.29) is 12.5 Å². The molecule has 118 valence electrons. The fraction of sp³-hybridized carbons (Fsp3) is 0.167. The van der Waals surface area contributed by atoms with Crippen LogP contribution in [0, 0.1) is 0 Å². The lowest BCUT2D eigenvalue weighted by molar-refractivity contribution is 0.144. The lowest BCUT2D eigenvalue weighted by atomic mass is 9.90. The van der Waals surface area contributed by atoms with Gasteiger partial charge in [-0.2, -0.15) is 0 Å². The summed E-state index contributed by atoms with van der Waals surface area (Å²) in [6.07, 6.45) is -1.84. The summed E-state index contributed by atoms with van der Waals surface area (Å²) < 4.78 is 0. The van der Waals surface area contributed by atoms with Crippen molar-refractivity contribution in [3.8, 4) is 0 Å². The third-order valence-corrected chi connectivity index (χ3v) is 4.83. The van der Waals surface area contributed by atoms with Gasteiger partial charge in [0.25, 0.3) is 0 Å². The summed E-state index contributed by atoms with van der Waals surface area (Å²) in [4.78, 5) is 11.7. The van der Waals surface area contributed by atoms with Crippen LogP contribution in [0.1, 0.15) is 22.5 Å². The summed E-state index contributed by atoms with van der Waals surface area (Å²) in [5, 5.41) is 26.1. The number of rotatable bonds is 5. The van der Waals surface area contributed by atoms with Gasteiger partial charge in [0.2, 0.25) is 0 Å². The van der Waals surface area contributed by atoms with E-state index < -0.39 is 12.2 Å². The van der Waals surface area contributed by atoms with Gasteiger partial charge in [0.05, 0.1) is 6.10 Å². The third kappa shape index (κ3) is 3.52. The summed E-state index contributed by atoms with van der Waals surface area (Å²) in [7, 11) is 0. The zero-order chi connectivity index (χ0) is 16.2. The number of nitrogens with one attached hydrogen (secondary N) is 1. The van der Waals surface area contributed by atoms with Crippen LogP contribution < -0.4 is 5.32 Å². The van der Waals surface area contributed by atoms with Crippen molar-refractivity contribution in [2.45, 2.75) is 12.0 Å². The quantitative estimate of drug-likeness (QED) is 0.664. The largest absolute Gasteiger partial charge is 0.465 e. The summed E-state index contributed by atoms with van der Waals surface area (Å²) in [6, 6.07) is 17.7. The molecule has 1 aromatic heterocycles. The lowest BCUT2D eigenvalue weighted by Gasteiger charge is -2.23. The molecule has 3 rings (SSSR count). The zero-order valence-corrected chi connectivity index (χ0v) is 13.2. The first kappa shape index (κ1) is 15.5. The molecule has 1 heterocycles. The molecular formula is C18H17NO3S. The molecule has 3 aromatic rings. The van der Waals surface area contributed by atoms with Gasteiger partial charge in [-0.1, -0.05) is 48.5 Å². The number of hydrogen-bond donors (Lipinski definition) is 3. The molecule has 23 heavy (non-hydrogen) atoms. The predicted molar refractivity (Wildman–Crippen MR) is 92.0 cm³/mol. The Balaban J connectivity index is 1.96. The molecule has 3 N–H and O–H groups in total. The number of aliphatic hydroxyl groups is 1. The maximum absolute atomic E-state index is 10.9. The molecule has 0 fully saturated rings. The smallest absolute Gasteiger partial charge is 0.404 e. The van der Waals surface area contributed by atoms with Gasteiger partial charge in [0, 0.05) is 17.3 Å². The van der Waals surface area contributed by atoms with E-state index in [4.69, 9.17) is 5.11 Å². The molecule has 0 spiro atoms. The van der Waals surface area contributed by atoms with Crippen molar-refractivity contribution >= 4 is 28.2 Å². The van der Waals surface area contributed by atoms with Crippen molar-refractivity contribution in [3.05, 3.63) is 70.4 Å². The highest BCUT2D eigenvalue weighted by Crippen LogP contribution is 2.34. The van der Waals surface area contributed by atoms with Crippen LogP contribution in [0.4, 0.5) is 4.79 Å². The second kappa shape index (κ2) is 6.81. The van der Waals surface area contributed by atoms with Gasteiger partial charge in [0.15, 0.2) is 0 Å². The average molecular weight is 327 g/mol. The molecule has 2 atom stereocenters. The Labute approximate surface area is 138 Å². The summed E-state index contributed by atoms with van der Waals surface area (Å²) in [5.74, 6) is -0.339. The molecule has 0 radical (unpaired) electrons. The van der Waals surface area contributed by atoms with Gasteiger partial charge in [-0.25, -0.2) is 4.79 Å². The fourth-order valence-electron chi connectivity index (χ4n) is 2.71. The van der Waals surface area contributed by atoms with E-state index in [0.717, 1.165) is 21.2 Å². The van der Waals surface area contributed by atoms with Crippen LogP contribution >= 0.6 is 11.3 Å². The molecule has 5 heteroatoms. The molecule has 1 amide bonds. The Morgan fingerprint density at radius 1 is 1.09 bits per heavy atom. The van der Waals surface area contributed by atoms with Crippen LogP contribution in [0.25, 0.3) is 10.8 Å². The van der Waals surface area contributed by atoms with Gasteiger partial charge in [-0.05, 0) is 27.8 Å². The van der Waals surface area contributed by atoms with Crippen LogP contribution in [-0.4, -0.2) is 22.9 Å². The number of thiophene rings is 1. The van der Waals surface area contributed by atoms with Gasteiger partial charge in [-0.3, -0.25) is 0 Å². The molecular weight excluding hydrogens is 310 g/mol. The fourth-order valence-corrected chi connectivity index (χ4v) is 3.48. The summed E-state index contributed by atoms with van der Waals surface area (Å²) in [5.41, 5.74) is 0.915. The maximum atomic E-state index is 10.9. The summed E-state index contributed by atoms with van der Waals surface area (Å²) >= 11 is 1.47. The average Bonchev–Trinajstić information content (AvgIpc) is 3.09. The van der Waals surface area contributed by atoms with E-state index in [2.05, 4.69) is 5.32 Å². The van der Waals surface area contributed by atoms with Crippen molar-refractivity contribution in [1.82, 2.24) is 5.32 Å². The first-order valence-electron chi connectivity index (χ1n) is 7.32. The Kier molecular flexibility index (Phi) is 4.60. The number of benzene rings is 2. The molecule has 0 saturated carbocycles. The zero-order valence-electron chi connectivity index (χ0n) is 12.3. The minimum Gasteiger partial charge on any atom is -0.465 e. The van der Waals surface area contributed by atoms with Crippen molar-refractivity contribution in [2.24, 2.45) is 0 Å². The van der Waals surface area contributed by atoms with Crippen LogP contribution in [-0.2, 0) is 0 Å². The van der Waals surface area contributed by atoms with Crippen LogP contribution in [0.2, 0.25) is 0 Å². The normalized spacial score (nSPS) is 13.6. The molecule has 2 aromatic carbocycles. The van der Waals surface area contributed by atoms with Crippen molar-refractivity contribution in [2.75, 3.05) is 6.54 Å². The standard InChI is InChI=1S/C18H17NO3S/c20-17(16-6-3-9-23-16)15(11-19-18(21)22)14-8-7-12-4-1-2-5-13(12)10-14/h1-10,15,17,19-20H,11H2,(H,21,22). The van der Waals surface area contributed by atoms with Gasteiger partial charge in [0.1, 0.15) is 0 Å². The van der Waals surface area contributed by atoms with E-state index >= 15 is 0 Å². The van der Waals surface area contributed by atoms with Crippen LogP contribution in [0.3, 0.4) is 0 Å². The highest BCUT2D eigenvalue weighted by atomic mass is 32.1. The van der Waals surface area contributed by atoms with Crippen molar-refractivity contribution in [3.63, 3.8) is 0 Å². The molecule has 0 aliphatic heterocycles. The van der Waals surface area contributed by atoms with E-state index in [1.807, 2.05) is 60.0 Å². The van der Waals surface area contributed by atoms with E-state index in [1.165, 1.54) is 11.3 Å². The second-order valence-corrected chi connectivity index (χ2v) is 6.34. The highest BCUT2D eigenvalue weighted by Gasteiger charge is 2.24. The third-order valence-electron chi connectivity index (χ3n) is 3.89. The minimum absolute atomic E-state index is 0.159. The SMILES string of the molecule is O=C(O)NCC(c1ccc2ccccc2c1)C(O)c1cccs1. The summed E-state index contributed by atoms with van der Waals surface area (Å²) in [6.45, 7) is 0.159. The monoisotopic (exact) mass is 327 g/mol. The van der Waals surface area contributed by atoms with E-state index in [1.54, 1.807) is 0 Å². The topological polar surface area (TPSA) is 69.6 Å². The van der Waals surface area contributed by atoms with Crippen LogP contribution in [0.15, 0.2) is 60.0 Å². The Hall–Kier alpha value is -2.37. The molecule has 0 aliphatic rings. The molecule has 4 nitrogen and oxygen atoms in total. The number of amides is 1. The van der Waals surface area contributed by atoms with Gasteiger partial charge < -0.3 is 15.5 Å². The predicted octanol–water partition coefficient (Wildman–Crippen LogP) is 3.99. The molecule has 0 saturated heterocycles. The number of hydrogen-bond acceptors (Lipinski definition) is 3. The van der Waals surface area contributed by atoms with E-state index in [0.29, 0.717) is 0 Å². The Morgan fingerprint density at radius 2 is 1.87 bits per heavy atom. The van der Waals surface area contributed by atoms with E-state index in [9.17, 15) is 9.90 Å². The minimum atomic E-state index is -1.09. The Morgan fingerprint density at radius 3 is 2.57 bits per heavy atom. The molecule has 0 bridgehead atoms. The molecule has 0 aliphatic carbocycles. The van der Waals surface area contributed by atoms with Crippen molar-refractivity contribution < 1.29 is 15.0 Å². The number of carbonyl (C=O) groups is 1.